The predicted octanol–water partition coefficient (Wildman–Crippen LogP) is 3.73. The smallest absolute Gasteiger partial charge is 0.302 e. The standard InChI is InChI=1S/C19H21N3O4S3/c1-13-9-11-15(12-10-13)29(25,26)20-17(23)22(24)16-19(2,3)28-18(27)21(16)14-7-5-4-6-8-14/h4-12,16,24H,1-3H3,(H,20,23). The molecule has 0 aliphatic carbocycles. The highest BCUT2D eigenvalue weighted by atomic mass is 32.2. The van der Waals surface area contributed by atoms with Gasteiger partial charge in [0.2, 0.25) is 0 Å². The molecule has 1 atom stereocenters. The maximum atomic E-state index is 12.7. The number of thioether (sulfide) groups is 1. The van der Waals surface area contributed by atoms with Crippen LogP contribution in [0.5, 0.6) is 0 Å². The summed E-state index contributed by atoms with van der Waals surface area (Å²) in [6.07, 6.45) is -0.907. The highest BCUT2D eigenvalue weighted by Crippen LogP contribution is 2.44. The molecule has 0 aromatic heterocycles. The van der Waals surface area contributed by atoms with E-state index in [1.54, 1.807) is 29.2 Å². The molecule has 1 aliphatic rings. The van der Waals surface area contributed by atoms with Crippen molar-refractivity contribution in [1.29, 1.82) is 0 Å². The van der Waals surface area contributed by atoms with E-state index in [0.29, 0.717) is 15.1 Å². The maximum Gasteiger partial charge on any atom is 0.357 e. The number of para-hydroxylation sites is 1. The minimum Gasteiger partial charge on any atom is -0.302 e. The Morgan fingerprint density at radius 3 is 2.34 bits per heavy atom. The minimum absolute atomic E-state index is 0.0691. The summed E-state index contributed by atoms with van der Waals surface area (Å²) < 4.78 is 26.8. The van der Waals surface area contributed by atoms with E-state index in [4.69, 9.17) is 12.2 Å². The Kier molecular flexibility index (Phi) is 5.91. The van der Waals surface area contributed by atoms with E-state index in [0.717, 1.165) is 5.56 Å². The zero-order valence-electron chi connectivity index (χ0n) is 16.1. The van der Waals surface area contributed by atoms with Crippen molar-refractivity contribution in [2.24, 2.45) is 0 Å². The van der Waals surface area contributed by atoms with Crippen LogP contribution in [0.1, 0.15) is 19.4 Å². The van der Waals surface area contributed by atoms with Crippen molar-refractivity contribution in [3.05, 3.63) is 60.2 Å². The largest absolute Gasteiger partial charge is 0.357 e. The van der Waals surface area contributed by atoms with Gasteiger partial charge in [0.1, 0.15) is 4.32 Å². The Hall–Kier alpha value is -2.14. The van der Waals surface area contributed by atoms with E-state index in [1.807, 2.05) is 43.7 Å². The molecular formula is C19H21N3O4S3. The van der Waals surface area contributed by atoms with Gasteiger partial charge in [0.05, 0.1) is 9.64 Å². The summed E-state index contributed by atoms with van der Waals surface area (Å²) in [5.74, 6) is 0. The van der Waals surface area contributed by atoms with Gasteiger partial charge < -0.3 is 4.90 Å². The molecule has 29 heavy (non-hydrogen) atoms. The second-order valence-electron chi connectivity index (χ2n) is 7.12. The van der Waals surface area contributed by atoms with Crippen molar-refractivity contribution in [3.63, 3.8) is 0 Å². The molecule has 10 heteroatoms. The topological polar surface area (TPSA) is 90.0 Å². The number of carbonyl (C=O) groups excluding carboxylic acids is 1. The third kappa shape index (κ3) is 4.40. The third-order valence-corrected chi connectivity index (χ3v) is 7.33. The Balaban J connectivity index is 1.88. The van der Waals surface area contributed by atoms with E-state index in [-0.39, 0.29) is 4.90 Å². The molecule has 1 aliphatic heterocycles. The fraction of sp³-hybridized carbons (Fsp3) is 0.263. The number of aryl methyl sites for hydroxylation is 1. The van der Waals surface area contributed by atoms with E-state index >= 15 is 0 Å². The van der Waals surface area contributed by atoms with Crippen LogP contribution < -0.4 is 9.62 Å². The van der Waals surface area contributed by atoms with Crippen molar-refractivity contribution < 1.29 is 18.4 Å². The Labute approximate surface area is 179 Å². The lowest BCUT2D eigenvalue weighted by atomic mass is 10.1. The summed E-state index contributed by atoms with van der Waals surface area (Å²) in [5.41, 5.74) is 1.57. The number of carbonyl (C=O) groups is 1. The molecule has 154 valence electrons. The third-order valence-electron chi connectivity index (χ3n) is 4.44. The molecule has 0 radical (unpaired) electrons. The van der Waals surface area contributed by atoms with Gasteiger partial charge in [-0.3, -0.25) is 5.21 Å². The number of hydrogen-bond acceptors (Lipinski definition) is 6. The second-order valence-corrected chi connectivity index (χ2v) is 11.1. The van der Waals surface area contributed by atoms with E-state index in [1.165, 1.54) is 23.9 Å². The number of thiocarbonyl (C=S) groups is 1. The number of sulfonamides is 1. The molecule has 3 rings (SSSR count). The van der Waals surface area contributed by atoms with Crippen LogP contribution in [-0.2, 0) is 10.0 Å². The van der Waals surface area contributed by atoms with Gasteiger partial charge in [-0.25, -0.2) is 17.9 Å². The number of hydroxylamine groups is 2. The van der Waals surface area contributed by atoms with Crippen LogP contribution in [0.15, 0.2) is 59.5 Å². The van der Waals surface area contributed by atoms with Gasteiger partial charge >= 0.3 is 6.03 Å². The van der Waals surface area contributed by atoms with E-state index in [2.05, 4.69) is 0 Å². The van der Waals surface area contributed by atoms with Gasteiger partial charge in [0, 0.05) is 5.69 Å². The van der Waals surface area contributed by atoms with Crippen LogP contribution >= 0.6 is 24.0 Å². The second kappa shape index (κ2) is 7.94. The van der Waals surface area contributed by atoms with Crippen LogP contribution in [-0.4, -0.2) is 40.0 Å². The summed E-state index contributed by atoms with van der Waals surface area (Å²) in [6, 6.07) is 14.0. The number of anilines is 1. The molecule has 1 fully saturated rings. The highest BCUT2D eigenvalue weighted by Gasteiger charge is 2.50. The molecule has 1 saturated heterocycles. The van der Waals surface area contributed by atoms with Gasteiger partial charge in [0.25, 0.3) is 10.0 Å². The first-order valence-corrected chi connectivity index (χ1v) is 11.4. The lowest BCUT2D eigenvalue weighted by Crippen LogP contribution is -2.57. The Bertz CT molecular complexity index is 1020. The van der Waals surface area contributed by atoms with Gasteiger partial charge in [-0.05, 0) is 45.0 Å². The molecule has 2 aromatic rings. The molecule has 2 N–H and O–H groups in total. The normalized spacial score (nSPS) is 18.6. The number of nitrogens with one attached hydrogen (secondary N) is 1. The van der Waals surface area contributed by atoms with Gasteiger partial charge in [-0.1, -0.05) is 59.9 Å². The fourth-order valence-corrected chi connectivity index (χ4v) is 5.88. The zero-order valence-corrected chi connectivity index (χ0v) is 18.5. The quantitative estimate of drug-likeness (QED) is 0.416. The lowest BCUT2D eigenvalue weighted by molar-refractivity contribution is -0.0795. The molecule has 7 nitrogen and oxygen atoms in total. The summed E-state index contributed by atoms with van der Waals surface area (Å²) in [6.45, 7) is 5.47. The number of urea groups is 1. The maximum absolute atomic E-state index is 12.7. The number of rotatable bonds is 4. The molecule has 2 amide bonds. The Morgan fingerprint density at radius 1 is 1.17 bits per heavy atom. The summed E-state index contributed by atoms with van der Waals surface area (Å²) >= 11 is 6.78. The van der Waals surface area contributed by atoms with Crippen molar-refractivity contribution in [2.75, 3.05) is 4.90 Å². The van der Waals surface area contributed by atoms with Crippen molar-refractivity contribution in [3.8, 4) is 0 Å². The molecule has 0 saturated carbocycles. The highest BCUT2D eigenvalue weighted by molar-refractivity contribution is 8.24. The van der Waals surface area contributed by atoms with Gasteiger partial charge in [-0.2, -0.15) is 5.06 Å². The summed E-state index contributed by atoms with van der Waals surface area (Å²) in [7, 11) is -4.14. The average Bonchev–Trinajstić information content (AvgIpc) is 2.90. The molecule has 0 spiro atoms. The van der Waals surface area contributed by atoms with Crippen LogP contribution in [0.3, 0.4) is 0 Å². The molecule has 1 unspecified atom stereocenters. The fourth-order valence-electron chi connectivity index (χ4n) is 3.03. The molecular weight excluding hydrogens is 430 g/mol. The van der Waals surface area contributed by atoms with Gasteiger partial charge in [0.15, 0.2) is 6.17 Å². The summed E-state index contributed by atoms with van der Waals surface area (Å²) in [4.78, 5) is 14.2. The average molecular weight is 452 g/mol. The molecule has 1 heterocycles. The van der Waals surface area contributed by atoms with Gasteiger partial charge in [-0.15, -0.1) is 0 Å². The molecule has 2 aromatic carbocycles. The van der Waals surface area contributed by atoms with Crippen LogP contribution in [0.2, 0.25) is 0 Å². The first kappa shape index (κ1) is 21.6. The number of benzene rings is 2. The Morgan fingerprint density at radius 2 is 1.76 bits per heavy atom. The van der Waals surface area contributed by atoms with Crippen molar-refractivity contribution in [1.82, 2.24) is 9.79 Å². The molecule has 0 bridgehead atoms. The first-order chi connectivity index (χ1) is 13.5. The van der Waals surface area contributed by atoms with Crippen LogP contribution in [0.4, 0.5) is 10.5 Å². The summed E-state index contributed by atoms with van der Waals surface area (Å²) in [5, 5.41) is 11.1. The van der Waals surface area contributed by atoms with Crippen LogP contribution in [0.25, 0.3) is 0 Å². The van der Waals surface area contributed by atoms with E-state index in [9.17, 15) is 18.4 Å². The number of hydrogen-bond donors (Lipinski definition) is 2. The monoisotopic (exact) mass is 451 g/mol. The first-order valence-electron chi connectivity index (χ1n) is 8.72. The number of nitrogens with zero attached hydrogens (tertiary/aromatic N) is 2. The zero-order chi connectivity index (χ0) is 21.4. The lowest BCUT2D eigenvalue weighted by Gasteiger charge is -2.36. The SMILES string of the molecule is Cc1ccc(S(=O)(=O)NC(=O)N(O)C2N(c3ccccc3)C(=S)SC2(C)C)cc1. The predicted molar refractivity (Wildman–Crippen MR) is 117 cm³/mol. The van der Waals surface area contributed by atoms with Crippen molar-refractivity contribution >= 4 is 50.0 Å². The van der Waals surface area contributed by atoms with Crippen LogP contribution in [0, 0.1) is 6.92 Å². The van der Waals surface area contributed by atoms with E-state index < -0.39 is 27.0 Å². The number of amides is 2. The van der Waals surface area contributed by atoms with Crippen molar-refractivity contribution in [2.45, 2.75) is 36.6 Å². The minimum atomic E-state index is -4.14.